The molecule has 0 bridgehead atoms. The van der Waals surface area contributed by atoms with Crippen molar-refractivity contribution in [1.29, 1.82) is 0 Å². The van der Waals surface area contributed by atoms with Gasteiger partial charge in [0.15, 0.2) is 0 Å². The smallest absolute Gasteiger partial charge is 0.0705 e. The van der Waals surface area contributed by atoms with Crippen LogP contribution in [0.2, 0.25) is 0 Å². The Hall–Kier alpha value is -1.45. The second-order valence-corrected chi connectivity index (χ2v) is 5.08. The topological polar surface area (TPSA) is 48.1 Å². The first-order chi connectivity index (χ1) is 9.19. The fraction of sp³-hybridized carbons (Fsp3) is 0.438. The van der Waals surface area contributed by atoms with Crippen LogP contribution < -0.4 is 5.73 Å². The molecule has 0 aliphatic carbocycles. The fourth-order valence-corrected chi connectivity index (χ4v) is 2.16. The van der Waals surface area contributed by atoms with E-state index in [1.807, 2.05) is 18.2 Å². The number of para-hydroxylation sites is 1. The van der Waals surface area contributed by atoms with Crippen LogP contribution in [0.15, 0.2) is 36.4 Å². The van der Waals surface area contributed by atoms with Gasteiger partial charge in [-0.1, -0.05) is 24.3 Å². The lowest BCUT2D eigenvalue weighted by atomic mass is 10.0. The van der Waals surface area contributed by atoms with Gasteiger partial charge in [-0.2, -0.15) is 0 Å². The molecule has 2 aromatic rings. The highest BCUT2D eigenvalue weighted by Crippen LogP contribution is 2.13. The predicted octanol–water partition coefficient (Wildman–Crippen LogP) is 2.92. The number of pyridine rings is 1. The van der Waals surface area contributed by atoms with Crippen LogP contribution in [-0.2, 0) is 11.2 Å². The minimum Gasteiger partial charge on any atom is -0.382 e. The molecule has 19 heavy (non-hydrogen) atoms. The van der Waals surface area contributed by atoms with Crippen LogP contribution in [0.4, 0.5) is 0 Å². The molecule has 1 aromatic heterocycles. The highest BCUT2D eigenvalue weighted by molar-refractivity contribution is 5.78. The number of nitrogens with zero attached hydrogens (tertiary/aromatic N) is 1. The second kappa shape index (κ2) is 6.64. The maximum Gasteiger partial charge on any atom is 0.0705 e. The van der Waals surface area contributed by atoms with Gasteiger partial charge in [0, 0.05) is 30.7 Å². The van der Waals surface area contributed by atoms with Crippen LogP contribution in [0.5, 0.6) is 0 Å². The molecule has 1 heterocycles. The summed E-state index contributed by atoms with van der Waals surface area (Å²) in [5, 5.41) is 1.17. The van der Waals surface area contributed by atoms with E-state index in [9.17, 15) is 0 Å². The van der Waals surface area contributed by atoms with E-state index in [-0.39, 0.29) is 12.1 Å². The average Bonchev–Trinajstić information content (AvgIpc) is 2.44. The molecule has 0 radical (unpaired) electrons. The molecule has 2 N–H and O–H groups in total. The number of hydrogen-bond acceptors (Lipinski definition) is 3. The van der Waals surface area contributed by atoms with E-state index in [1.54, 1.807) is 7.11 Å². The molecule has 2 atom stereocenters. The maximum atomic E-state index is 6.16. The van der Waals surface area contributed by atoms with Crippen LogP contribution in [0.3, 0.4) is 0 Å². The van der Waals surface area contributed by atoms with Crippen molar-refractivity contribution in [3.63, 3.8) is 0 Å². The number of nitrogens with two attached hydrogens (primary N) is 1. The number of benzene rings is 1. The molecule has 3 heteroatoms. The van der Waals surface area contributed by atoms with Crippen LogP contribution >= 0.6 is 0 Å². The van der Waals surface area contributed by atoms with Crippen molar-refractivity contribution in [2.45, 2.75) is 38.3 Å². The zero-order valence-corrected chi connectivity index (χ0v) is 11.7. The van der Waals surface area contributed by atoms with E-state index in [4.69, 9.17) is 10.5 Å². The van der Waals surface area contributed by atoms with Gasteiger partial charge in [-0.05, 0) is 31.9 Å². The Kier molecular flexibility index (Phi) is 4.88. The summed E-state index contributed by atoms with van der Waals surface area (Å²) in [6, 6.07) is 12.5. The van der Waals surface area contributed by atoms with Crippen molar-refractivity contribution in [1.82, 2.24) is 4.98 Å². The van der Waals surface area contributed by atoms with Crippen LogP contribution in [0.25, 0.3) is 10.9 Å². The number of rotatable bonds is 6. The second-order valence-electron chi connectivity index (χ2n) is 5.08. The quantitative estimate of drug-likeness (QED) is 0.866. The third-order valence-corrected chi connectivity index (χ3v) is 3.47. The number of ether oxygens (including phenoxy) is 1. The molecular weight excluding hydrogens is 236 g/mol. The number of aromatic nitrogens is 1. The summed E-state index contributed by atoms with van der Waals surface area (Å²) in [6.45, 7) is 2.07. The minimum absolute atomic E-state index is 0.145. The number of methoxy groups -OCH3 is 1. The van der Waals surface area contributed by atoms with Crippen molar-refractivity contribution < 1.29 is 4.74 Å². The zero-order valence-electron chi connectivity index (χ0n) is 11.7. The van der Waals surface area contributed by atoms with Crippen molar-refractivity contribution in [3.05, 3.63) is 42.1 Å². The summed E-state index contributed by atoms with van der Waals surface area (Å²) >= 11 is 0. The maximum absolute atomic E-state index is 6.16. The van der Waals surface area contributed by atoms with Crippen molar-refractivity contribution >= 4 is 10.9 Å². The summed E-state index contributed by atoms with van der Waals surface area (Å²) in [6.07, 6.45) is 3.05. The number of hydrogen-bond donors (Lipinski definition) is 1. The summed E-state index contributed by atoms with van der Waals surface area (Å²) in [4.78, 5) is 4.65. The molecule has 0 aliphatic rings. The number of fused-ring (bicyclic) bond motifs is 1. The Labute approximate surface area is 114 Å². The van der Waals surface area contributed by atoms with Gasteiger partial charge in [0.1, 0.15) is 0 Å². The Morgan fingerprint density at radius 3 is 2.74 bits per heavy atom. The molecule has 0 saturated carbocycles. The minimum atomic E-state index is 0.145. The monoisotopic (exact) mass is 258 g/mol. The summed E-state index contributed by atoms with van der Waals surface area (Å²) in [7, 11) is 1.74. The molecular formula is C16H22N2O. The largest absolute Gasteiger partial charge is 0.382 e. The van der Waals surface area contributed by atoms with E-state index in [2.05, 4.69) is 30.1 Å². The predicted molar refractivity (Wildman–Crippen MR) is 79.1 cm³/mol. The SMILES string of the molecule is COC(C)CCC(N)Cc1ccc2ccccc2n1. The highest BCUT2D eigenvalue weighted by Gasteiger charge is 2.08. The van der Waals surface area contributed by atoms with Gasteiger partial charge >= 0.3 is 0 Å². The van der Waals surface area contributed by atoms with Gasteiger partial charge in [0.05, 0.1) is 11.6 Å². The molecule has 3 nitrogen and oxygen atoms in total. The molecule has 2 unspecified atom stereocenters. The van der Waals surface area contributed by atoms with Gasteiger partial charge in [-0.15, -0.1) is 0 Å². The summed E-state index contributed by atoms with van der Waals surface area (Å²) < 4.78 is 5.24. The van der Waals surface area contributed by atoms with Crippen molar-refractivity contribution in [2.24, 2.45) is 5.73 Å². The third-order valence-electron chi connectivity index (χ3n) is 3.47. The van der Waals surface area contributed by atoms with Crippen molar-refractivity contribution in [2.75, 3.05) is 7.11 Å². The van der Waals surface area contributed by atoms with Crippen LogP contribution in [-0.4, -0.2) is 24.2 Å². The van der Waals surface area contributed by atoms with E-state index in [0.29, 0.717) is 0 Å². The first-order valence-corrected chi connectivity index (χ1v) is 6.82. The van der Waals surface area contributed by atoms with Gasteiger partial charge in [0.25, 0.3) is 0 Å². The fourth-order valence-electron chi connectivity index (χ4n) is 2.16. The molecule has 102 valence electrons. The first-order valence-electron chi connectivity index (χ1n) is 6.82. The highest BCUT2D eigenvalue weighted by atomic mass is 16.5. The lowest BCUT2D eigenvalue weighted by molar-refractivity contribution is 0.107. The lowest BCUT2D eigenvalue weighted by Crippen LogP contribution is -2.25. The molecule has 2 rings (SSSR count). The average molecular weight is 258 g/mol. The Morgan fingerprint density at radius 2 is 1.95 bits per heavy atom. The van der Waals surface area contributed by atoms with E-state index in [0.717, 1.165) is 30.5 Å². The first kappa shape index (κ1) is 14.0. The van der Waals surface area contributed by atoms with E-state index >= 15 is 0 Å². The van der Waals surface area contributed by atoms with Gasteiger partial charge in [-0.25, -0.2) is 0 Å². The molecule has 0 amide bonds. The Balaban J connectivity index is 1.96. The molecule has 0 aliphatic heterocycles. The lowest BCUT2D eigenvalue weighted by Gasteiger charge is -2.14. The molecule has 0 fully saturated rings. The van der Waals surface area contributed by atoms with Gasteiger partial charge in [-0.3, -0.25) is 4.98 Å². The third kappa shape index (κ3) is 4.01. The van der Waals surface area contributed by atoms with Crippen molar-refractivity contribution in [3.8, 4) is 0 Å². The van der Waals surface area contributed by atoms with E-state index in [1.165, 1.54) is 5.39 Å². The van der Waals surface area contributed by atoms with Crippen LogP contribution in [0, 0.1) is 0 Å². The molecule has 0 saturated heterocycles. The summed E-state index contributed by atoms with van der Waals surface area (Å²) in [5.41, 5.74) is 8.26. The van der Waals surface area contributed by atoms with Gasteiger partial charge in [0.2, 0.25) is 0 Å². The summed E-state index contributed by atoms with van der Waals surface area (Å²) in [5.74, 6) is 0. The van der Waals surface area contributed by atoms with Gasteiger partial charge < -0.3 is 10.5 Å². The van der Waals surface area contributed by atoms with Crippen LogP contribution in [0.1, 0.15) is 25.5 Å². The van der Waals surface area contributed by atoms with E-state index < -0.39 is 0 Å². The Bertz CT molecular complexity index is 527. The molecule has 1 aromatic carbocycles. The Morgan fingerprint density at radius 1 is 1.16 bits per heavy atom. The zero-order chi connectivity index (χ0) is 13.7. The molecule has 0 spiro atoms. The standard InChI is InChI=1S/C16H22N2O/c1-12(19-2)7-9-14(17)11-15-10-8-13-5-3-4-6-16(13)18-15/h3-6,8,10,12,14H,7,9,11,17H2,1-2H3. The normalized spacial score (nSPS) is 14.5.